The third kappa shape index (κ3) is 4.87. The topological polar surface area (TPSA) is 59.6 Å². The van der Waals surface area contributed by atoms with Gasteiger partial charge in [0.2, 0.25) is 5.91 Å². The Morgan fingerprint density at radius 3 is 2.82 bits per heavy atom. The van der Waals surface area contributed by atoms with Crippen molar-refractivity contribution in [2.75, 3.05) is 26.9 Å². The van der Waals surface area contributed by atoms with Crippen molar-refractivity contribution >= 4 is 18.3 Å². The van der Waals surface area contributed by atoms with Crippen LogP contribution in [0.3, 0.4) is 0 Å². The van der Waals surface area contributed by atoms with Gasteiger partial charge in [0, 0.05) is 24.6 Å². The Morgan fingerprint density at radius 2 is 2.18 bits per heavy atom. The van der Waals surface area contributed by atoms with Gasteiger partial charge in [-0.05, 0) is 19.9 Å². The summed E-state index contributed by atoms with van der Waals surface area (Å²) >= 11 is 0. The van der Waals surface area contributed by atoms with Gasteiger partial charge in [-0.15, -0.1) is 12.4 Å². The average molecular weight is 329 g/mol. The van der Waals surface area contributed by atoms with Crippen molar-refractivity contribution in [1.29, 1.82) is 0 Å². The first-order valence-corrected chi connectivity index (χ1v) is 7.28. The van der Waals surface area contributed by atoms with Crippen LogP contribution in [0.4, 0.5) is 0 Å². The number of benzene rings is 1. The maximum absolute atomic E-state index is 12.3. The van der Waals surface area contributed by atoms with Crippen LogP contribution in [-0.4, -0.2) is 38.8 Å². The monoisotopic (exact) mass is 328 g/mol. The van der Waals surface area contributed by atoms with Crippen molar-refractivity contribution in [3.05, 3.63) is 29.8 Å². The number of amides is 1. The van der Waals surface area contributed by atoms with Gasteiger partial charge in [-0.25, -0.2) is 0 Å². The summed E-state index contributed by atoms with van der Waals surface area (Å²) in [6.07, 6.45) is 0.415. The number of hydrogen-bond donors (Lipinski definition) is 2. The third-order valence-corrected chi connectivity index (χ3v) is 3.66. The molecule has 124 valence electrons. The molecule has 0 spiro atoms. The molecule has 1 unspecified atom stereocenters. The van der Waals surface area contributed by atoms with Gasteiger partial charge >= 0.3 is 0 Å². The number of carbonyl (C=O) groups is 1. The SMILES string of the molecule is COc1ccccc1C(C)(C)NC(=O)CC1COCCN1.Cl. The molecule has 0 bridgehead atoms. The number of hydrogen-bond acceptors (Lipinski definition) is 4. The summed E-state index contributed by atoms with van der Waals surface area (Å²) in [6.45, 7) is 6.06. The van der Waals surface area contributed by atoms with Gasteiger partial charge in [0.05, 0.1) is 25.9 Å². The maximum Gasteiger partial charge on any atom is 0.222 e. The summed E-state index contributed by atoms with van der Waals surface area (Å²) in [5.41, 5.74) is 0.479. The van der Waals surface area contributed by atoms with E-state index < -0.39 is 5.54 Å². The molecule has 0 radical (unpaired) electrons. The lowest BCUT2D eigenvalue weighted by Gasteiger charge is -2.30. The van der Waals surface area contributed by atoms with E-state index in [-0.39, 0.29) is 24.4 Å². The third-order valence-electron chi connectivity index (χ3n) is 3.66. The first-order chi connectivity index (χ1) is 10.0. The van der Waals surface area contributed by atoms with Crippen LogP contribution in [0.15, 0.2) is 24.3 Å². The molecule has 0 saturated carbocycles. The molecular formula is C16H25ClN2O3. The number of halogens is 1. The van der Waals surface area contributed by atoms with Gasteiger partial charge in [-0.3, -0.25) is 4.79 Å². The van der Waals surface area contributed by atoms with Crippen LogP contribution in [0.25, 0.3) is 0 Å². The van der Waals surface area contributed by atoms with Crippen LogP contribution in [0.2, 0.25) is 0 Å². The van der Waals surface area contributed by atoms with E-state index in [9.17, 15) is 4.79 Å². The molecule has 1 aliphatic rings. The Hall–Kier alpha value is -1.30. The lowest BCUT2D eigenvalue weighted by molar-refractivity contribution is -0.124. The summed E-state index contributed by atoms with van der Waals surface area (Å²) in [5, 5.41) is 6.37. The predicted octanol–water partition coefficient (Wildman–Crippen LogP) is 1.85. The van der Waals surface area contributed by atoms with E-state index in [0.29, 0.717) is 19.6 Å². The fourth-order valence-corrected chi connectivity index (χ4v) is 2.60. The molecule has 22 heavy (non-hydrogen) atoms. The summed E-state index contributed by atoms with van der Waals surface area (Å²) in [5.74, 6) is 0.788. The predicted molar refractivity (Wildman–Crippen MR) is 88.6 cm³/mol. The van der Waals surface area contributed by atoms with Crippen molar-refractivity contribution in [3.8, 4) is 5.75 Å². The highest BCUT2D eigenvalue weighted by Gasteiger charge is 2.27. The zero-order valence-corrected chi connectivity index (χ0v) is 14.2. The van der Waals surface area contributed by atoms with Crippen LogP contribution in [0.1, 0.15) is 25.8 Å². The Kier molecular flexibility index (Phi) is 7.13. The Balaban J connectivity index is 0.00000242. The lowest BCUT2D eigenvalue weighted by atomic mass is 9.93. The number of para-hydroxylation sites is 1. The second-order valence-corrected chi connectivity index (χ2v) is 5.80. The van der Waals surface area contributed by atoms with E-state index in [1.54, 1.807) is 7.11 Å². The molecule has 2 N–H and O–H groups in total. The van der Waals surface area contributed by atoms with Gasteiger partial charge in [-0.1, -0.05) is 18.2 Å². The molecule has 1 aromatic rings. The van der Waals surface area contributed by atoms with E-state index in [0.717, 1.165) is 17.9 Å². The fraction of sp³-hybridized carbons (Fsp3) is 0.562. The van der Waals surface area contributed by atoms with Gasteiger partial charge in [-0.2, -0.15) is 0 Å². The molecule has 0 aliphatic carbocycles. The van der Waals surface area contributed by atoms with Crippen molar-refractivity contribution < 1.29 is 14.3 Å². The molecule has 5 nitrogen and oxygen atoms in total. The fourth-order valence-electron chi connectivity index (χ4n) is 2.60. The largest absolute Gasteiger partial charge is 0.496 e. The zero-order chi connectivity index (χ0) is 15.3. The van der Waals surface area contributed by atoms with Gasteiger partial charge < -0.3 is 20.1 Å². The average Bonchev–Trinajstić information content (AvgIpc) is 2.47. The Morgan fingerprint density at radius 1 is 1.45 bits per heavy atom. The summed E-state index contributed by atoms with van der Waals surface area (Å²) in [6, 6.07) is 7.83. The molecule has 1 aliphatic heterocycles. The van der Waals surface area contributed by atoms with E-state index >= 15 is 0 Å². The minimum absolute atomic E-state index is 0. The Labute approximate surface area is 138 Å². The Bertz CT molecular complexity index is 488. The van der Waals surface area contributed by atoms with Crippen molar-refractivity contribution in [2.45, 2.75) is 31.8 Å². The summed E-state index contributed by atoms with van der Waals surface area (Å²) < 4.78 is 10.8. The maximum atomic E-state index is 12.3. The second-order valence-electron chi connectivity index (χ2n) is 5.80. The molecule has 1 saturated heterocycles. The molecular weight excluding hydrogens is 304 g/mol. The van der Waals surface area contributed by atoms with Gasteiger partial charge in [0.15, 0.2) is 0 Å². The number of ether oxygens (including phenoxy) is 2. The second kappa shape index (κ2) is 8.36. The molecule has 1 amide bonds. The van der Waals surface area contributed by atoms with E-state index in [2.05, 4.69) is 10.6 Å². The number of methoxy groups -OCH3 is 1. The minimum atomic E-state index is -0.487. The van der Waals surface area contributed by atoms with Crippen LogP contribution < -0.4 is 15.4 Å². The zero-order valence-electron chi connectivity index (χ0n) is 13.3. The molecule has 6 heteroatoms. The molecule has 0 aromatic heterocycles. The normalized spacial score (nSPS) is 18.2. The van der Waals surface area contributed by atoms with Gasteiger partial charge in [0.1, 0.15) is 5.75 Å². The number of morpholine rings is 1. The number of rotatable bonds is 5. The minimum Gasteiger partial charge on any atom is -0.496 e. The van der Waals surface area contributed by atoms with Crippen LogP contribution in [-0.2, 0) is 15.1 Å². The number of carbonyl (C=O) groups excluding carboxylic acids is 1. The lowest BCUT2D eigenvalue weighted by Crippen LogP contribution is -2.47. The van der Waals surface area contributed by atoms with E-state index in [1.165, 1.54) is 0 Å². The van der Waals surface area contributed by atoms with Gasteiger partial charge in [0.25, 0.3) is 0 Å². The number of nitrogens with one attached hydrogen (secondary N) is 2. The molecule has 2 rings (SSSR count). The summed E-state index contributed by atoms with van der Waals surface area (Å²) in [7, 11) is 1.64. The van der Waals surface area contributed by atoms with Crippen molar-refractivity contribution in [2.24, 2.45) is 0 Å². The van der Waals surface area contributed by atoms with E-state index in [4.69, 9.17) is 9.47 Å². The highest BCUT2D eigenvalue weighted by molar-refractivity contribution is 5.85. The van der Waals surface area contributed by atoms with Crippen molar-refractivity contribution in [3.63, 3.8) is 0 Å². The first-order valence-electron chi connectivity index (χ1n) is 7.28. The summed E-state index contributed by atoms with van der Waals surface area (Å²) in [4.78, 5) is 12.3. The quantitative estimate of drug-likeness (QED) is 0.866. The molecule has 1 atom stereocenters. The van der Waals surface area contributed by atoms with E-state index in [1.807, 2.05) is 38.1 Å². The molecule has 1 heterocycles. The smallest absolute Gasteiger partial charge is 0.222 e. The first kappa shape index (κ1) is 18.7. The highest BCUT2D eigenvalue weighted by atomic mass is 35.5. The van der Waals surface area contributed by atoms with Crippen LogP contribution >= 0.6 is 12.4 Å². The highest BCUT2D eigenvalue weighted by Crippen LogP contribution is 2.29. The molecule has 1 fully saturated rings. The standard InChI is InChI=1S/C16H24N2O3.ClH/c1-16(2,13-6-4-5-7-14(13)20-3)18-15(19)10-12-11-21-9-8-17-12;/h4-7,12,17H,8-11H2,1-3H3,(H,18,19);1H. The molecule has 1 aromatic carbocycles. The van der Waals surface area contributed by atoms with Crippen molar-refractivity contribution in [1.82, 2.24) is 10.6 Å². The van der Waals surface area contributed by atoms with Crippen LogP contribution in [0.5, 0.6) is 5.75 Å². The van der Waals surface area contributed by atoms with Crippen LogP contribution in [0, 0.1) is 0 Å².